The summed E-state index contributed by atoms with van der Waals surface area (Å²) in [7, 11) is 0. The number of hydroxylamine groups is 1. The van der Waals surface area contributed by atoms with Crippen LogP contribution in [0.25, 0.3) is 33.2 Å². The molecule has 5 nitrogen and oxygen atoms in total. The van der Waals surface area contributed by atoms with Gasteiger partial charge < -0.3 is 9.47 Å². The first-order valence-electron chi connectivity index (χ1n) is 16.2. The van der Waals surface area contributed by atoms with E-state index in [2.05, 4.69) is 60.7 Å². The minimum atomic E-state index is -0.610. The summed E-state index contributed by atoms with van der Waals surface area (Å²) in [5, 5.41) is 1.24. The van der Waals surface area contributed by atoms with E-state index in [1.165, 1.54) is 48.9 Å². The van der Waals surface area contributed by atoms with Crippen LogP contribution in [0.5, 0.6) is 5.75 Å². The van der Waals surface area contributed by atoms with E-state index in [0.717, 1.165) is 55.4 Å². The van der Waals surface area contributed by atoms with Gasteiger partial charge in [-0.2, -0.15) is 0 Å². The maximum absolute atomic E-state index is 13.4. The Morgan fingerprint density at radius 2 is 1.61 bits per heavy atom. The maximum Gasteiger partial charge on any atom is 0.444 e. The quantitative estimate of drug-likeness (QED) is 0.176. The highest BCUT2D eigenvalue weighted by atomic mass is 32.1. The van der Waals surface area contributed by atoms with Gasteiger partial charge in [-0.05, 0) is 119 Å². The van der Waals surface area contributed by atoms with Crippen molar-refractivity contribution in [3.63, 3.8) is 0 Å². The summed E-state index contributed by atoms with van der Waals surface area (Å²) in [6.07, 6.45) is 8.30. The molecule has 2 heterocycles. The molecule has 5 aromatic rings. The monoisotopic (exact) mass is 625 g/mol. The number of para-hydroxylation sites is 1. The van der Waals surface area contributed by atoms with Crippen LogP contribution in [0.3, 0.4) is 0 Å². The number of thiophene rings is 1. The Balaban J connectivity index is 1.06. The van der Waals surface area contributed by atoms with Gasteiger partial charge in [-0.3, -0.25) is 0 Å². The van der Waals surface area contributed by atoms with Crippen molar-refractivity contribution in [2.24, 2.45) is 0 Å². The average molecular weight is 626 g/mol. The molecule has 3 aliphatic rings. The summed E-state index contributed by atoms with van der Waals surface area (Å²) in [6, 6.07) is 34.8. The molecule has 1 unspecified atom stereocenters. The van der Waals surface area contributed by atoms with Gasteiger partial charge in [-0.25, -0.2) is 9.63 Å². The largest absolute Gasteiger partial charge is 0.444 e. The van der Waals surface area contributed by atoms with Gasteiger partial charge in [0.1, 0.15) is 5.75 Å². The summed E-state index contributed by atoms with van der Waals surface area (Å²) >= 11 is 1.79. The molecule has 1 saturated heterocycles. The maximum atomic E-state index is 13.4. The molecule has 46 heavy (non-hydrogen) atoms. The van der Waals surface area contributed by atoms with Crippen LogP contribution >= 0.6 is 11.3 Å². The third kappa shape index (κ3) is 5.80. The first-order chi connectivity index (χ1) is 22.7. The number of amides is 1. The topological polar surface area (TPSA) is 48.0 Å². The van der Waals surface area contributed by atoms with Crippen molar-refractivity contribution >= 4 is 34.8 Å². The minimum Gasteiger partial charge on any atom is -0.408 e. The average Bonchev–Trinajstić information content (AvgIpc) is 3.62. The van der Waals surface area contributed by atoms with E-state index in [1.807, 2.05) is 36.4 Å². The van der Waals surface area contributed by atoms with E-state index in [4.69, 9.17) is 14.3 Å². The molecule has 1 amide bonds. The highest BCUT2D eigenvalue weighted by Crippen LogP contribution is 2.42. The Morgan fingerprint density at radius 1 is 0.761 bits per heavy atom. The normalized spacial score (nSPS) is 16.9. The summed E-state index contributed by atoms with van der Waals surface area (Å²) in [5.41, 5.74) is 11.7. The highest BCUT2D eigenvalue weighted by Gasteiger charge is 2.27. The lowest BCUT2D eigenvalue weighted by molar-refractivity contribution is -0.165. The standard InChI is InChI=1S/C40H35NO4S/c42-40(44-32-12-2-1-3-13-32)41(45-39-15-6-7-24-43-39)31-11-8-10-29(26-31)37-22-23-38(46-37)30-18-19-34-28(25-30)17-21-35-33-14-5-4-9-27(33)16-20-36(34)35/h1-5,8-14,17,21-23,25-26,39H,6-7,15-16,18-20,24H2. The van der Waals surface area contributed by atoms with E-state index in [1.54, 1.807) is 23.5 Å². The van der Waals surface area contributed by atoms with Gasteiger partial charge in [0.25, 0.3) is 0 Å². The molecule has 0 N–H and O–H groups in total. The van der Waals surface area contributed by atoms with Crippen molar-refractivity contribution in [3.8, 4) is 27.3 Å². The van der Waals surface area contributed by atoms with Gasteiger partial charge in [0.05, 0.1) is 5.69 Å². The summed E-state index contributed by atoms with van der Waals surface area (Å²) in [5.74, 6) is 0.456. The molecule has 0 saturated carbocycles. The second-order valence-corrected chi connectivity index (χ2v) is 13.2. The highest BCUT2D eigenvalue weighted by molar-refractivity contribution is 7.16. The predicted molar refractivity (Wildman–Crippen MR) is 185 cm³/mol. The van der Waals surface area contributed by atoms with Gasteiger partial charge in [0, 0.05) is 22.8 Å². The van der Waals surface area contributed by atoms with E-state index in [-0.39, 0.29) is 0 Å². The Hall–Kier alpha value is -4.49. The van der Waals surface area contributed by atoms with Crippen molar-refractivity contribution in [2.45, 2.75) is 51.2 Å². The molecule has 1 fully saturated rings. The second-order valence-electron chi connectivity index (χ2n) is 12.1. The van der Waals surface area contributed by atoms with Crippen molar-refractivity contribution in [3.05, 3.63) is 130 Å². The van der Waals surface area contributed by atoms with Crippen molar-refractivity contribution in [1.29, 1.82) is 0 Å². The lowest BCUT2D eigenvalue weighted by atomic mass is 9.78. The third-order valence-electron chi connectivity index (χ3n) is 9.16. The van der Waals surface area contributed by atoms with Gasteiger partial charge in [-0.1, -0.05) is 72.8 Å². The molecule has 1 aromatic heterocycles. The smallest absolute Gasteiger partial charge is 0.408 e. The fraction of sp³-hybridized carbons (Fsp3) is 0.225. The summed E-state index contributed by atoms with van der Waals surface area (Å²) in [4.78, 5) is 22.0. The van der Waals surface area contributed by atoms with Crippen LogP contribution in [0.1, 0.15) is 52.8 Å². The van der Waals surface area contributed by atoms with Gasteiger partial charge in [-0.15, -0.1) is 16.4 Å². The van der Waals surface area contributed by atoms with E-state index in [9.17, 15) is 4.79 Å². The van der Waals surface area contributed by atoms with Crippen LogP contribution in [0.4, 0.5) is 10.5 Å². The van der Waals surface area contributed by atoms with Crippen LogP contribution in [0, 0.1) is 0 Å². The number of allylic oxidation sites excluding steroid dienone is 1. The number of fused-ring (bicyclic) bond motifs is 5. The number of carbonyl (C=O) groups is 1. The molecule has 4 aromatic carbocycles. The fourth-order valence-electron chi connectivity index (χ4n) is 6.86. The molecular weight excluding hydrogens is 591 g/mol. The van der Waals surface area contributed by atoms with E-state index >= 15 is 0 Å². The number of carbonyl (C=O) groups excluding carboxylic acids is 1. The molecule has 0 spiro atoms. The number of nitrogens with zero attached hydrogens (tertiary/aromatic N) is 1. The van der Waals surface area contributed by atoms with Crippen molar-refractivity contribution < 1.29 is 19.1 Å². The molecule has 2 aliphatic carbocycles. The Labute approximate surface area is 273 Å². The molecule has 6 heteroatoms. The first kappa shape index (κ1) is 28.9. The summed E-state index contributed by atoms with van der Waals surface area (Å²) in [6.45, 7) is 0.612. The lowest BCUT2D eigenvalue weighted by Crippen LogP contribution is -2.39. The van der Waals surface area contributed by atoms with Crippen molar-refractivity contribution in [2.75, 3.05) is 11.7 Å². The Kier molecular flexibility index (Phi) is 8.00. The minimum absolute atomic E-state index is 0.456. The van der Waals surface area contributed by atoms with Gasteiger partial charge in [0.15, 0.2) is 6.29 Å². The number of hydrogen-bond donors (Lipinski definition) is 0. The predicted octanol–water partition coefficient (Wildman–Crippen LogP) is 10.1. The van der Waals surface area contributed by atoms with Gasteiger partial charge in [0.2, 0.25) is 0 Å². The molecule has 0 bridgehead atoms. The van der Waals surface area contributed by atoms with Crippen LogP contribution in [0.15, 0.2) is 103 Å². The van der Waals surface area contributed by atoms with Gasteiger partial charge >= 0.3 is 6.09 Å². The fourth-order valence-corrected chi connectivity index (χ4v) is 7.90. The number of anilines is 1. The Bertz CT molecular complexity index is 1920. The number of hydrogen-bond acceptors (Lipinski definition) is 5. The molecule has 230 valence electrons. The Morgan fingerprint density at radius 3 is 2.50 bits per heavy atom. The van der Waals surface area contributed by atoms with E-state index < -0.39 is 12.4 Å². The molecule has 8 rings (SSSR count). The van der Waals surface area contributed by atoms with Crippen LogP contribution in [0.2, 0.25) is 0 Å². The molecular formula is C40H35NO4S. The van der Waals surface area contributed by atoms with Crippen LogP contribution < -0.4 is 9.80 Å². The lowest BCUT2D eigenvalue weighted by Gasteiger charge is -2.29. The zero-order valence-corrected chi connectivity index (χ0v) is 26.4. The van der Waals surface area contributed by atoms with Crippen LogP contribution in [-0.2, 0) is 28.8 Å². The zero-order valence-electron chi connectivity index (χ0n) is 25.6. The SMILES string of the molecule is O=C(Oc1ccccc1)N(OC1CCCCO1)c1cccc(-c2ccc(C3=Cc4ccc5c(c4CC3)CCc3ccccc3-5)s2)c1. The molecule has 1 atom stereocenters. The number of benzene rings is 4. The van der Waals surface area contributed by atoms with Crippen molar-refractivity contribution in [1.82, 2.24) is 0 Å². The zero-order chi connectivity index (χ0) is 30.9. The third-order valence-corrected chi connectivity index (χ3v) is 10.4. The van der Waals surface area contributed by atoms with E-state index in [0.29, 0.717) is 18.0 Å². The number of aryl methyl sites for hydroxylation is 1. The molecule has 0 radical (unpaired) electrons. The number of rotatable bonds is 6. The van der Waals surface area contributed by atoms with Crippen LogP contribution in [-0.4, -0.2) is 19.0 Å². The second kappa shape index (κ2) is 12.7. The first-order valence-corrected chi connectivity index (χ1v) is 17.0. The number of ether oxygens (including phenoxy) is 2. The summed E-state index contributed by atoms with van der Waals surface area (Å²) < 4.78 is 11.5. The molecule has 1 aliphatic heterocycles.